The number of hydrogen-bond acceptors (Lipinski definition) is 4. The fourth-order valence-electron chi connectivity index (χ4n) is 2.89. The lowest BCUT2D eigenvalue weighted by molar-refractivity contribution is -0.113. The molecule has 6 nitrogen and oxygen atoms in total. The van der Waals surface area contributed by atoms with E-state index in [1.807, 2.05) is 18.2 Å². The van der Waals surface area contributed by atoms with E-state index in [0.717, 1.165) is 4.47 Å². The molecule has 0 saturated carbocycles. The van der Waals surface area contributed by atoms with E-state index in [9.17, 15) is 9.59 Å². The summed E-state index contributed by atoms with van der Waals surface area (Å²) in [6.45, 7) is 0.151. The largest absolute Gasteiger partial charge is 0.454 e. The Balaban J connectivity index is 1.64. The molecule has 0 bridgehead atoms. The molecule has 0 atom stereocenters. The summed E-state index contributed by atoms with van der Waals surface area (Å²) in [5.74, 6) is 0.347. The van der Waals surface area contributed by atoms with Gasteiger partial charge < -0.3 is 20.1 Å². The first-order chi connectivity index (χ1) is 15.0. The molecule has 2 amide bonds. The monoisotopic (exact) mass is 542 g/mol. The van der Waals surface area contributed by atoms with E-state index in [1.54, 1.807) is 54.6 Å². The number of nitrogens with one attached hydrogen (secondary N) is 2. The van der Waals surface area contributed by atoms with Gasteiger partial charge in [-0.25, -0.2) is 0 Å². The van der Waals surface area contributed by atoms with Crippen molar-refractivity contribution in [3.05, 3.63) is 92.5 Å². The number of amides is 2. The quantitative estimate of drug-likeness (QED) is 0.425. The van der Waals surface area contributed by atoms with Crippen molar-refractivity contribution in [2.24, 2.45) is 0 Å². The van der Waals surface area contributed by atoms with Crippen LogP contribution in [0.1, 0.15) is 15.9 Å². The van der Waals surface area contributed by atoms with Gasteiger partial charge in [0.15, 0.2) is 11.5 Å². The van der Waals surface area contributed by atoms with E-state index in [4.69, 9.17) is 9.47 Å². The van der Waals surface area contributed by atoms with Crippen LogP contribution in [-0.2, 0) is 4.79 Å². The highest BCUT2D eigenvalue weighted by Crippen LogP contribution is 2.33. The lowest BCUT2D eigenvalue weighted by atomic mass is 10.1. The Morgan fingerprint density at radius 1 is 0.903 bits per heavy atom. The first-order valence-electron chi connectivity index (χ1n) is 9.24. The smallest absolute Gasteiger partial charge is 0.272 e. The molecule has 1 heterocycles. The SMILES string of the molecule is O=C(Nc1ccc(Br)cc1)C(=Cc1ccc2c(c1)OCO2)NC(=O)c1ccccc1Br. The fourth-order valence-corrected chi connectivity index (χ4v) is 3.62. The van der Waals surface area contributed by atoms with Crippen LogP contribution < -0.4 is 20.1 Å². The van der Waals surface area contributed by atoms with Gasteiger partial charge in [-0.2, -0.15) is 0 Å². The maximum absolute atomic E-state index is 13.0. The van der Waals surface area contributed by atoms with Crippen LogP contribution in [0.25, 0.3) is 6.08 Å². The predicted octanol–water partition coefficient (Wildman–Crippen LogP) is 5.35. The molecule has 156 valence electrons. The minimum Gasteiger partial charge on any atom is -0.454 e. The van der Waals surface area contributed by atoms with Crippen LogP contribution in [0.2, 0.25) is 0 Å². The molecular formula is C23H16Br2N2O4. The summed E-state index contributed by atoms with van der Waals surface area (Å²) in [6, 6.07) is 19.4. The standard InChI is InChI=1S/C23H16Br2N2O4/c24-15-6-8-16(9-7-15)26-23(29)19(27-22(28)17-3-1-2-4-18(17)25)11-14-5-10-20-21(12-14)31-13-30-20/h1-12H,13H2,(H,26,29)(H,27,28). The second-order valence-electron chi connectivity index (χ2n) is 6.57. The maximum Gasteiger partial charge on any atom is 0.272 e. The molecule has 3 aromatic rings. The molecule has 1 aliphatic heterocycles. The summed E-state index contributed by atoms with van der Waals surface area (Å²) in [7, 11) is 0. The number of hydrogen-bond donors (Lipinski definition) is 2. The first kappa shape index (κ1) is 21.1. The number of ether oxygens (including phenoxy) is 2. The van der Waals surface area contributed by atoms with E-state index in [1.165, 1.54) is 0 Å². The van der Waals surface area contributed by atoms with Crippen molar-refractivity contribution in [2.75, 3.05) is 12.1 Å². The second kappa shape index (κ2) is 9.36. The normalized spacial score (nSPS) is 12.4. The summed E-state index contributed by atoms with van der Waals surface area (Å²) in [4.78, 5) is 25.9. The zero-order valence-electron chi connectivity index (χ0n) is 16.0. The van der Waals surface area contributed by atoms with E-state index in [2.05, 4.69) is 42.5 Å². The molecule has 1 aliphatic rings. The van der Waals surface area contributed by atoms with Gasteiger partial charge in [-0.1, -0.05) is 34.1 Å². The van der Waals surface area contributed by atoms with Crippen LogP contribution in [0.3, 0.4) is 0 Å². The summed E-state index contributed by atoms with van der Waals surface area (Å²) < 4.78 is 12.3. The number of rotatable bonds is 5. The molecular weight excluding hydrogens is 528 g/mol. The highest BCUT2D eigenvalue weighted by molar-refractivity contribution is 9.10. The predicted molar refractivity (Wildman–Crippen MR) is 125 cm³/mol. The van der Waals surface area contributed by atoms with Gasteiger partial charge in [-0.05, 0) is 76.1 Å². The van der Waals surface area contributed by atoms with Gasteiger partial charge in [0.25, 0.3) is 11.8 Å². The molecule has 0 unspecified atom stereocenters. The molecule has 31 heavy (non-hydrogen) atoms. The third-order valence-corrected chi connectivity index (χ3v) is 5.64. The summed E-state index contributed by atoms with van der Waals surface area (Å²) in [5.41, 5.74) is 1.77. The van der Waals surface area contributed by atoms with Gasteiger partial charge >= 0.3 is 0 Å². The third kappa shape index (κ3) is 5.15. The van der Waals surface area contributed by atoms with Crippen molar-refractivity contribution in [1.82, 2.24) is 5.32 Å². The van der Waals surface area contributed by atoms with Gasteiger partial charge in [0.05, 0.1) is 5.56 Å². The molecule has 8 heteroatoms. The maximum atomic E-state index is 13.0. The van der Waals surface area contributed by atoms with E-state index in [-0.39, 0.29) is 12.5 Å². The van der Waals surface area contributed by atoms with Gasteiger partial charge in [-0.3, -0.25) is 9.59 Å². The lowest BCUT2D eigenvalue weighted by Crippen LogP contribution is -2.31. The van der Waals surface area contributed by atoms with Crippen molar-refractivity contribution < 1.29 is 19.1 Å². The topological polar surface area (TPSA) is 76.7 Å². The number of benzene rings is 3. The van der Waals surface area contributed by atoms with Crippen molar-refractivity contribution in [3.63, 3.8) is 0 Å². The lowest BCUT2D eigenvalue weighted by Gasteiger charge is -2.12. The van der Waals surface area contributed by atoms with E-state index < -0.39 is 11.8 Å². The summed E-state index contributed by atoms with van der Waals surface area (Å²) >= 11 is 6.74. The third-order valence-electron chi connectivity index (χ3n) is 4.42. The number of halogens is 2. The molecule has 0 aromatic heterocycles. The molecule has 2 N–H and O–H groups in total. The average molecular weight is 544 g/mol. The number of carbonyl (C=O) groups is 2. The van der Waals surface area contributed by atoms with Crippen molar-refractivity contribution in [3.8, 4) is 11.5 Å². The zero-order chi connectivity index (χ0) is 21.8. The number of fused-ring (bicyclic) bond motifs is 1. The van der Waals surface area contributed by atoms with Crippen LogP contribution >= 0.6 is 31.9 Å². The number of anilines is 1. The van der Waals surface area contributed by atoms with Crippen LogP contribution in [-0.4, -0.2) is 18.6 Å². The summed E-state index contributed by atoms with van der Waals surface area (Å²) in [5, 5.41) is 5.52. The van der Waals surface area contributed by atoms with Crippen LogP contribution in [0, 0.1) is 0 Å². The first-order valence-corrected chi connectivity index (χ1v) is 10.8. The summed E-state index contributed by atoms with van der Waals surface area (Å²) in [6.07, 6.45) is 1.59. The van der Waals surface area contributed by atoms with Gasteiger partial charge in [-0.15, -0.1) is 0 Å². The molecule has 4 rings (SSSR count). The second-order valence-corrected chi connectivity index (χ2v) is 8.34. The molecule has 3 aromatic carbocycles. The zero-order valence-corrected chi connectivity index (χ0v) is 19.2. The Morgan fingerprint density at radius 3 is 2.42 bits per heavy atom. The van der Waals surface area contributed by atoms with Crippen molar-refractivity contribution in [2.45, 2.75) is 0 Å². The molecule has 0 radical (unpaired) electrons. The van der Waals surface area contributed by atoms with Gasteiger partial charge in [0, 0.05) is 14.6 Å². The van der Waals surface area contributed by atoms with Crippen LogP contribution in [0.15, 0.2) is 81.4 Å². The number of carbonyl (C=O) groups excluding carboxylic acids is 2. The van der Waals surface area contributed by atoms with Crippen molar-refractivity contribution >= 4 is 55.4 Å². The molecule has 0 spiro atoms. The highest BCUT2D eigenvalue weighted by Gasteiger charge is 2.18. The average Bonchev–Trinajstić information content (AvgIpc) is 3.23. The molecule has 0 saturated heterocycles. The Morgan fingerprint density at radius 2 is 1.65 bits per heavy atom. The van der Waals surface area contributed by atoms with E-state index >= 15 is 0 Å². The van der Waals surface area contributed by atoms with E-state index in [0.29, 0.717) is 32.8 Å². The highest BCUT2D eigenvalue weighted by atomic mass is 79.9. The molecule has 0 fully saturated rings. The van der Waals surface area contributed by atoms with Crippen LogP contribution in [0.4, 0.5) is 5.69 Å². The Bertz CT molecular complexity index is 1180. The Labute approximate surface area is 195 Å². The van der Waals surface area contributed by atoms with Gasteiger partial charge in [0.2, 0.25) is 6.79 Å². The minimum atomic E-state index is -0.458. The molecule has 0 aliphatic carbocycles. The Hall–Kier alpha value is -3.10. The van der Waals surface area contributed by atoms with Crippen LogP contribution in [0.5, 0.6) is 11.5 Å². The van der Waals surface area contributed by atoms with Gasteiger partial charge in [0.1, 0.15) is 5.70 Å². The van der Waals surface area contributed by atoms with Crippen molar-refractivity contribution in [1.29, 1.82) is 0 Å². The minimum absolute atomic E-state index is 0.0857. The Kier molecular flexibility index (Phi) is 6.39. The fraction of sp³-hybridized carbons (Fsp3) is 0.0435.